The molecule has 146 valence electrons. The summed E-state index contributed by atoms with van der Waals surface area (Å²) >= 11 is 0. The van der Waals surface area contributed by atoms with Crippen LogP contribution in [0, 0.1) is 12.7 Å². The fourth-order valence-corrected chi connectivity index (χ4v) is 5.30. The highest BCUT2D eigenvalue weighted by Gasteiger charge is 2.29. The molecule has 0 fully saturated rings. The molecule has 0 saturated carbocycles. The summed E-state index contributed by atoms with van der Waals surface area (Å²) in [4.78, 5) is 6.35. The second-order valence-electron chi connectivity index (χ2n) is 7.32. The molecule has 0 unspecified atom stereocenters. The van der Waals surface area contributed by atoms with Gasteiger partial charge in [0.15, 0.2) is 5.65 Å². The van der Waals surface area contributed by atoms with Crippen molar-refractivity contribution >= 4 is 26.7 Å². The van der Waals surface area contributed by atoms with E-state index in [-0.39, 0.29) is 10.5 Å². The Bertz CT molecular complexity index is 1380. The molecule has 7 heteroatoms. The summed E-state index contributed by atoms with van der Waals surface area (Å²) in [6, 6.07) is 14.2. The van der Waals surface area contributed by atoms with Crippen molar-refractivity contribution in [3.05, 3.63) is 77.9 Å². The highest BCUT2D eigenvalue weighted by atomic mass is 32.2. The summed E-state index contributed by atoms with van der Waals surface area (Å²) in [6.07, 6.45) is 2.67. The molecule has 0 atom stereocenters. The number of pyridine rings is 1. The van der Waals surface area contributed by atoms with Gasteiger partial charge < -0.3 is 4.90 Å². The van der Waals surface area contributed by atoms with E-state index in [1.165, 1.54) is 3.97 Å². The molecule has 2 aromatic carbocycles. The van der Waals surface area contributed by atoms with E-state index in [2.05, 4.69) is 4.98 Å². The molecule has 0 amide bonds. The maximum atomic E-state index is 15.0. The van der Waals surface area contributed by atoms with Gasteiger partial charge in [0.05, 0.1) is 11.1 Å². The van der Waals surface area contributed by atoms with E-state index in [0.717, 1.165) is 28.6 Å². The van der Waals surface area contributed by atoms with Crippen molar-refractivity contribution in [2.75, 3.05) is 11.9 Å². The largest absolute Gasteiger partial charge is 0.370 e. The van der Waals surface area contributed by atoms with Crippen LogP contribution < -0.4 is 4.90 Å². The van der Waals surface area contributed by atoms with E-state index in [9.17, 15) is 12.8 Å². The molecular weight excluding hydrogens is 389 g/mol. The molecule has 0 aliphatic carbocycles. The van der Waals surface area contributed by atoms with E-state index in [1.54, 1.807) is 30.5 Å². The summed E-state index contributed by atoms with van der Waals surface area (Å²) in [5.74, 6) is -0.466. The van der Waals surface area contributed by atoms with Crippen LogP contribution in [0.15, 0.2) is 65.8 Å². The Labute approximate surface area is 168 Å². The van der Waals surface area contributed by atoms with Crippen LogP contribution in [0.5, 0.6) is 0 Å². The van der Waals surface area contributed by atoms with Gasteiger partial charge in [0, 0.05) is 47.6 Å². The standard InChI is InChI=1S/C22H18FN3O2S/c1-14-7-9-16(10-8-14)29(27,28)26-13-15-12-25(2)19-6-4-3-5-17(19)21-18(23)11-24-22(26)20(15)21/h3-11,13H,12H2,1-2H3. The third kappa shape index (κ3) is 2.57. The van der Waals surface area contributed by atoms with Crippen molar-refractivity contribution in [2.45, 2.75) is 18.4 Å². The molecule has 3 heterocycles. The molecule has 0 N–H and O–H groups in total. The van der Waals surface area contributed by atoms with Crippen molar-refractivity contribution in [3.8, 4) is 11.1 Å². The van der Waals surface area contributed by atoms with Crippen LogP contribution in [0.25, 0.3) is 22.2 Å². The van der Waals surface area contributed by atoms with Crippen LogP contribution in [0.1, 0.15) is 11.1 Å². The average Bonchev–Trinajstić information content (AvgIpc) is 3.01. The molecule has 4 aromatic rings. The first kappa shape index (κ1) is 17.9. The topological polar surface area (TPSA) is 55.2 Å². The van der Waals surface area contributed by atoms with Gasteiger partial charge in [-0.25, -0.2) is 21.8 Å². The zero-order valence-corrected chi connectivity index (χ0v) is 16.7. The molecule has 0 saturated heterocycles. The third-order valence-electron chi connectivity index (χ3n) is 5.39. The number of halogens is 1. The smallest absolute Gasteiger partial charge is 0.269 e. The van der Waals surface area contributed by atoms with Gasteiger partial charge in [0.25, 0.3) is 10.0 Å². The Morgan fingerprint density at radius 2 is 1.79 bits per heavy atom. The molecule has 2 aromatic heterocycles. The predicted molar refractivity (Wildman–Crippen MR) is 111 cm³/mol. The zero-order valence-electron chi connectivity index (χ0n) is 15.9. The first-order valence-corrected chi connectivity index (χ1v) is 10.6. The van der Waals surface area contributed by atoms with Gasteiger partial charge in [-0.05, 0) is 25.1 Å². The summed E-state index contributed by atoms with van der Waals surface area (Å²) in [6.45, 7) is 2.34. The van der Waals surface area contributed by atoms with Crippen LogP contribution >= 0.6 is 0 Å². The third-order valence-corrected chi connectivity index (χ3v) is 7.05. The van der Waals surface area contributed by atoms with Crippen molar-refractivity contribution in [3.63, 3.8) is 0 Å². The average molecular weight is 407 g/mol. The molecule has 0 spiro atoms. The number of aromatic nitrogens is 2. The molecule has 0 bridgehead atoms. The van der Waals surface area contributed by atoms with Gasteiger partial charge >= 0.3 is 0 Å². The van der Waals surface area contributed by atoms with Gasteiger partial charge in [0.1, 0.15) is 5.82 Å². The van der Waals surface area contributed by atoms with Crippen LogP contribution in [0.4, 0.5) is 10.1 Å². The van der Waals surface area contributed by atoms with Crippen LogP contribution in [-0.4, -0.2) is 24.4 Å². The number of hydrogen-bond donors (Lipinski definition) is 0. The number of rotatable bonds is 2. The van der Waals surface area contributed by atoms with Crippen LogP contribution in [0.2, 0.25) is 0 Å². The number of benzene rings is 2. The maximum Gasteiger partial charge on any atom is 0.269 e. The number of para-hydroxylation sites is 1. The number of anilines is 1. The zero-order chi connectivity index (χ0) is 20.3. The van der Waals surface area contributed by atoms with Crippen molar-refractivity contribution in [2.24, 2.45) is 0 Å². The van der Waals surface area contributed by atoms with E-state index in [1.807, 2.05) is 43.1 Å². The second kappa shape index (κ2) is 6.15. The Kier molecular flexibility index (Phi) is 3.79. The Balaban J connectivity index is 1.85. The molecule has 29 heavy (non-hydrogen) atoms. The minimum absolute atomic E-state index is 0.171. The van der Waals surface area contributed by atoms with Gasteiger partial charge in [0.2, 0.25) is 0 Å². The predicted octanol–water partition coefficient (Wildman–Crippen LogP) is 4.34. The summed E-state index contributed by atoms with van der Waals surface area (Å²) in [5.41, 5.74) is 3.94. The second-order valence-corrected chi connectivity index (χ2v) is 9.14. The molecule has 5 rings (SSSR count). The lowest BCUT2D eigenvalue weighted by Gasteiger charge is -2.20. The highest BCUT2D eigenvalue weighted by Crippen LogP contribution is 2.42. The van der Waals surface area contributed by atoms with E-state index < -0.39 is 15.8 Å². The van der Waals surface area contributed by atoms with E-state index >= 15 is 0 Å². The lowest BCUT2D eigenvalue weighted by molar-refractivity contribution is 0.588. The quantitative estimate of drug-likeness (QED) is 0.496. The molecular formula is C22H18FN3O2S. The number of fused-ring (bicyclic) bond motifs is 2. The lowest BCUT2D eigenvalue weighted by atomic mass is 10.0. The van der Waals surface area contributed by atoms with Gasteiger partial charge in [-0.15, -0.1) is 0 Å². The van der Waals surface area contributed by atoms with Gasteiger partial charge in [-0.1, -0.05) is 35.9 Å². The number of hydrogen-bond acceptors (Lipinski definition) is 4. The van der Waals surface area contributed by atoms with Crippen molar-refractivity contribution in [1.29, 1.82) is 0 Å². The van der Waals surface area contributed by atoms with Crippen LogP contribution in [0.3, 0.4) is 0 Å². The molecule has 0 radical (unpaired) electrons. The van der Waals surface area contributed by atoms with Crippen molar-refractivity contribution < 1.29 is 12.8 Å². The van der Waals surface area contributed by atoms with Gasteiger partial charge in [-0.2, -0.15) is 0 Å². The number of nitrogens with zero attached hydrogens (tertiary/aromatic N) is 3. The summed E-state index contributed by atoms with van der Waals surface area (Å²) in [5, 5.41) is 0.539. The normalized spacial score (nSPS) is 13.4. The van der Waals surface area contributed by atoms with Gasteiger partial charge in [-0.3, -0.25) is 0 Å². The monoisotopic (exact) mass is 407 g/mol. The first-order valence-electron chi connectivity index (χ1n) is 9.19. The first-order chi connectivity index (χ1) is 13.9. The summed E-state index contributed by atoms with van der Waals surface area (Å²) < 4.78 is 42.8. The molecule has 1 aliphatic heterocycles. The van der Waals surface area contributed by atoms with Crippen LogP contribution in [-0.2, 0) is 16.6 Å². The fraction of sp³-hybridized carbons (Fsp3) is 0.136. The number of aryl methyl sites for hydroxylation is 1. The lowest BCUT2D eigenvalue weighted by Crippen LogP contribution is -2.16. The van der Waals surface area contributed by atoms with E-state index in [0.29, 0.717) is 17.5 Å². The van der Waals surface area contributed by atoms with E-state index in [4.69, 9.17) is 0 Å². The SMILES string of the molecule is Cc1ccc(S(=O)(=O)n2cc3c4c(c(F)cnc42)-c2ccccc2N(C)C3)cc1. The highest BCUT2D eigenvalue weighted by molar-refractivity contribution is 7.90. The molecule has 1 aliphatic rings. The van der Waals surface area contributed by atoms with Crippen molar-refractivity contribution in [1.82, 2.24) is 8.96 Å². The minimum Gasteiger partial charge on any atom is -0.370 e. The fourth-order valence-electron chi connectivity index (χ4n) is 3.97. The Morgan fingerprint density at radius 3 is 2.55 bits per heavy atom. The summed E-state index contributed by atoms with van der Waals surface area (Å²) in [7, 11) is -1.96. The maximum absolute atomic E-state index is 15.0. The Hall–Kier alpha value is -3.19. The minimum atomic E-state index is -3.87. The Morgan fingerprint density at radius 1 is 1.07 bits per heavy atom. The molecule has 5 nitrogen and oxygen atoms in total.